The summed E-state index contributed by atoms with van der Waals surface area (Å²) in [6.07, 6.45) is -3.01. The number of rotatable bonds is 9. The smallest absolute Gasteiger partial charge is 0.382 e. The molecule has 1 saturated heterocycles. The molecule has 3 unspecified atom stereocenters. The van der Waals surface area contributed by atoms with Crippen molar-refractivity contribution in [2.24, 2.45) is 0 Å². The number of nitrogens with one attached hydrogen (secondary N) is 1. The van der Waals surface area contributed by atoms with Crippen molar-refractivity contribution in [1.82, 2.24) is 9.55 Å². The maximum atomic E-state index is 15.0. The van der Waals surface area contributed by atoms with E-state index in [2.05, 4.69) is 23.4 Å². The highest BCUT2D eigenvalue weighted by atomic mass is 35.5. The van der Waals surface area contributed by atoms with Crippen LogP contribution in [0, 0.1) is 0 Å². The number of hydrogen-bond donors (Lipinski definition) is 6. The van der Waals surface area contributed by atoms with Crippen LogP contribution in [0.25, 0.3) is 0 Å². The SMILES string of the molecule is CNc1ccn([C@@H]2O[C@@]3(COP(=O)(O)OP(=O)(O)OP(=O)(O)O)C(Cl)[C@]3(O)[C@H]2F)c(=O)n1. The average Bonchev–Trinajstić information content (AvgIpc) is 2.98. The quantitative estimate of drug-likeness (QED) is 0.171. The van der Waals surface area contributed by atoms with Crippen molar-refractivity contribution in [3.63, 3.8) is 0 Å². The van der Waals surface area contributed by atoms with Crippen molar-refractivity contribution in [3.05, 3.63) is 22.7 Å². The van der Waals surface area contributed by atoms with Crippen molar-refractivity contribution < 1.29 is 60.6 Å². The number of phosphoric acid groups is 3. The van der Waals surface area contributed by atoms with Gasteiger partial charge >= 0.3 is 29.2 Å². The Kier molecular flexibility index (Phi) is 6.60. The Hall–Kier alpha value is -0.770. The molecule has 32 heavy (non-hydrogen) atoms. The van der Waals surface area contributed by atoms with Crippen molar-refractivity contribution in [3.8, 4) is 0 Å². The molecule has 0 radical (unpaired) electrons. The molecule has 2 heterocycles. The van der Waals surface area contributed by atoms with Gasteiger partial charge in [0.2, 0.25) is 0 Å². The minimum absolute atomic E-state index is 0.154. The average molecular weight is 546 g/mol. The van der Waals surface area contributed by atoms with Crippen LogP contribution in [0.1, 0.15) is 6.23 Å². The monoisotopic (exact) mass is 545 g/mol. The summed E-state index contributed by atoms with van der Waals surface area (Å²) in [6.45, 7) is -1.20. The number of fused-ring (bicyclic) bond motifs is 1. The Labute approximate surface area is 182 Å². The van der Waals surface area contributed by atoms with Crippen LogP contribution >= 0.6 is 35.1 Å². The van der Waals surface area contributed by atoms with Crippen molar-refractivity contribution in [2.75, 3.05) is 19.0 Å². The first-order valence-corrected chi connectivity index (χ1v) is 13.2. The first kappa shape index (κ1) is 25.8. The predicted octanol–water partition coefficient (Wildman–Crippen LogP) is -0.414. The number of alkyl halides is 2. The summed E-state index contributed by atoms with van der Waals surface area (Å²) in [5, 5.41) is 11.6. The normalized spacial score (nSPS) is 35.6. The number of nitrogens with zero attached hydrogens (tertiary/aromatic N) is 2. The molecule has 0 bridgehead atoms. The Morgan fingerprint density at radius 2 is 1.91 bits per heavy atom. The van der Waals surface area contributed by atoms with Crippen LogP contribution < -0.4 is 11.0 Å². The number of ether oxygens (including phenoxy) is 1. The zero-order chi connectivity index (χ0) is 24.3. The molecule has 21 heteroatoms. The van der Waals surface area contributed by atoms with E-state index < -0.39 is 64.7 Å². The van der Waals surface area contributed by atoms with Crippen LogP contribution in [-0.4, -0.2) is 70.6 Å². The summed E-state index contributed by atoms with van der Waals surface area (Å²) in [4.78, 5) is 51.4. The summed E-state index contributed by atoms with van der Waals surface area (Å²) < 4.78 is 66.4. The van der Waals surface area contributed by atoms with Crippen molar-refractivity contribution in [1.29, 1.82) is 0 Å². The first-order valence-electron chi connectivity index (χ1n) is 8.22. The van der Waals surface area contributed by atoms with Gasteiger partial charge in [0.05, 0.1) is 6.61 Å². The van der Waals surface area contributed by atoms with Gasteiger partial charge in [0.15, 0.2) is 18.0 Å². The molecule has 182 valence electrons. The fourth-order valence-corrected chi connectivity index (χ4v) is 6.72. The molecular formula is C11H16ClFN3O13P3. The minimum atomic E-state index is -5.80. The molecule has 6 N–H and O–H groups in total. The van der Waals surface area contributed by atoms with Crippen molar-refractivity contribution >= 4 is 40.9 Å². The first-order chi connectivity index (χ1) is 14.5. The highest BCUT2D eigenvalue weighted by Crippen LogP contribution is 2.69. The van der Waals surface area contributed by atoms with Gasteiger partial charge < -0.3 is 34.7 Å². The lowest BCUT2D eigenvalue weighted by Crippen LogP contribution is -2.37. The van der Waals surface area contributed by atoms with Gasteiger partial charge in [-0.05, 0) is 6.07 Å². The zero-order valence-electron chi connectivity index (χ0n) is 15.6. The predicted molar refractivity (Wildman–Crippen MR) is 100 cm³/mol. The second-order valence-electron chi connectivity index (χ2n) is 6.60. The third-order valence-electron chi connectivity index (χ3n) is 4.61. The summed E-state index contributed by atoms with van der Waals surface area (Å²) in [5.41, 5.74) is -5.68. The van der Waals surface area contributed by atoms with Gasteiger partial charge in [0.1, 0.15) is 16.8 Å². The third kappa shape index (κ3) is 4.59. The highest BCUT2D eigenvalue weighted by molar-refractivity contribution is 7.66. The largest absolute Gasteiger partial charge is 0.490 e. The van der Waals surface area contributed by atoms with Gasteiger partial charge in [-0.15, -0.1) is 11.6 Å². The van der Waals surface area contributed by atoms with Crippen LogP contribution in [0.3, 0.4) is 0 Å². The summed E-state index contributed by atoms with van der Waals surface area (Å²) in [7, 11) is -15.5. The van der Waals surface area contributed by atoms with Gasteiger partial charge in [0, 0.05) is 13.2 Å². The number of halogens is 2. The lowest BCUT2D eigenvalue weighted by molar-refractivity contribution is -0.0768. The van der Waals surface area contributed by atoms with E-state index in [1.807, 2.05) is 0 Å². The number of phosphoric ester groups is 1. The van der Waals surface area contributed by atoms with Crippen LogP contribution in [0.2, 0.25) is 0 Å². The van der Waals surface area contributed by atoms with E-state index in [0.29, 0.717) is 4.57 Å². The maximum Gasteiger partial charge on any atom is 0.490 e. The van der Waals surface area contributed by atoms with E-state index >= 15 is 0 Å². The molecule has 0 amide bonds. The Balaban J connectivity index is 1.77. The fraction of sp³-hybridized carbons (Fsp3) is 0.636. The second-order valence-corrected chi connectivity index (χ2v) is 11.5. The number of anilines is 1. The fourth-order valence-electron chi connectivity index (χ4n) is 3.13. The van der Waals surface area contributed by atoms with E-state index in [-0.39, 0.29) is 5.82 Å². The molecule has 7 atom stereocenters. The molecule has 1 aromatic heterocycles. The van der Waals surface area contributed by atoms with Crippen molar-refractivity contribution in [2.45, 2.75) is 29.0 Å². The highest BCUT2D eigenvalue weighted by Gasteiger charge is 2.88. The standard InChI is InChI=1S/C11H16ClFN3O13P3/c1-14-5-2-3-16(9(17)15-5)7-6(13)11(18)8(12)10(11,27-7)4-26-31(22,23)29-32(24,25)28-30(19,20)21/h2-3,6-8,18H,4H2,1H3,(H,22,23)(H,24,25)(H,14,15,17)(H2,19,20,21)/t6-,7+,8?,10-,11+/m0/s1. The van der Waals surface area contributed by atoms with Crippen LogP contribution in [0.5, 0.6) is 0 Å². The van der Waals surface area contributed by atoms with Gasteiger partial charge in [-0.25, -0.2) is 22.9 Å². The maximum absolute atomic E-state index is 15.0. The van der Waals surface area contributed by atoms with E-state index in [4.69, 9.17) is 31.0 Å². The molecule has 2 fully saturated rings. The van der Waals surface area contributed by atoms with Crippen LogP contribution in [0.15, 0.2) is 17.1 Å². The van der Waals surface area contributed by atoms with Gasteiger partial charge in [0.25, 0.3) is 0 Å². The Morgan fingerprint density at radius 1 is 1.28 bits per heavy atom. The minimum Gasteiger partial charge on any atom is -0.382 e. The zero-order valence-corrected chi connectivity index (χ0v) is 19.0. The molecule has 1 saturated carbocycles. The third-order valence-corrected chi connectivity index (χ3v) is 9.08. The Bertz CT molecular complexity index is 1120. The lowest BCUT2D eigenvalue weighted by Gasteiger charge is -2.23. The van der Waals surface area contributed by atoms with E-state index in [0.717, 1.165) is 6.20 Å². The topological polar surface area (TPSA) is 236 Å². The summed E-state index contributed by atoms with van der Waals surface area (Å²) >= 11 is 5.88. The van der Waals surface area contributed by atoms with Gasteiger partial charge in [-0.1, -0.05) is 0 Å². The molecule has 1 aliphatic heterocycles. The molecular weight excluding hydrogens is 530 g/mol. The molecule has 16 nitrogen and oxygen atoms in total. The summed E-state index contributed by atoms with van der Waals surface area (Å²) in [5.74, 6) is 0.154. The van der Waals surface area contributed by atoms with Gasteiger partial charge in [-0.3, -0.25) is 9.09 Å². The van der Waals surface area contributed by atoms with E-state index in [9.17, 15) is 32.9 Å². The summed E-state index contributed by atoms with van der Waals surface area (Å²) in [6, 6.07) is 1.29. The second kappa shape index (κ2) is 8.17. The molecule has 0 aromatic carbocycles. The molecule has 2 aliphatic rings. The number of hydrogen-bond acceptors (Lipinski definition) is 11. The molecule has 0 spiro atoms. The van der Waals surface area contributed by atoms with E-state index in [1.54, 1.807) is 0 Å². The number of aliphatic hydroxyl groups is 1. The molecule has 3 rings (SSSR count). The van der Waals surface area contributed by atoms with E-state index in [1.165, 1.54) is 13.1 Å². The van der Waals surface area contributed by atoms with Crippen LogP contribution in [0.4, 0.5) is 10.2 Å². The molecule has 1 aliphatic carbocycles. The lowest BCUT2D eigenvalue weighted by atomic mass is 10.1. The number of aromatic nitrogens is 2. The molecule has 1 aromatic rings. The van der Waals surface area contributed by atoms with Crippen LogP contribution in [-0.2, 0) is 31.6 Å². The van der Waals surface area contributed by atoms with Gasteiger partial charge in [-0.2, -0.15) is 13.6 Å². The Morgan fingerprint density at radius 3 is 2.44 bits per heavy atom.